The van der Waals surface area contributed by atoms with E-state index < -0.39 is 11.4 Å². The molecule has 1 aliphatic carbocycles. The van der Waals surface area contributed by atoms with E-state index in [1.54, 1.807) is 19.2 Å². The van der Waals surface area contributed by atoms with Crippen molar-refractivity contribution in [2.75, 3.05) is 13.7 Å². The highest BCUT2D eigenvalue weighted by molar-refractivity contribution is 6.04. The van der Waals surface area contributed by atoms with Crippen LogP contribution < -0.4 is 4.74 Å². The third-order valence-electron chi connectivity index (χ3n) is 4.47. The molecule has 4 nitrogen and oxygen atoms in total. The van der Waals surface area contributed by atoms with Gasteiger partial charge in [0.1, 0.15) is 5.75 Å². The van der Waals surface area contributed by atoms with Crippen molar-refractivity contribution in [1.82, 2.24) is 0 Å². The van der Waals surface area contributed by atoms with Gasteiger partial charge >= 0.3 is 0 Å². The van der Waals surface area contributed by atoms with E-state index in [2.05, 4.69) is 0 Å². The fraction of sp³-hybridized carbons (Fsp3) is 0.588. The summed E-state index contributed by atoms with van der Waals surface area (Å²) in [6.45, 7) is 2.13. The summed E-state index contributed by atoms with van der Waals surface area (Å²) >= 11 is 0. The molecule has 2 fully saturated rings. The van der Waals surface area contributed by atoms with Crippen molar-refractivity contribution in [3.8, 4) is 5.75 Å². The number of hydrogen-bond donors (Lipinski definition) is 0. The van der Waals surface area contributed by atoms with E-state index >= 15 is 0 Å². The lowest BCUT2D eigenvalue weighted by molar-refractivity contribution is -0.194. The molecule has 1 aromatic rings. The van der Waals surface area contributed by atoms with E-state index in [4.69, 9.17) is 14.2 Å². The highest BCUT2D eigenvalue weighted by atomic mass is 16.8. The lowest BCUT2D eigenvalue weighted by atomic mass is 9.93. The van der Waals surface area contributed by atoms with Crippen molar-refractivity contribution < 1.29 is 19.0 Å². The average molecular weight is 290 g/mol. The van der Waals surface area contributed by atoms with Gasteiger partial charge in [0.2, 0.25) is 5.78 Å². The van der Waals surface area contributed by atoms with Crippen molar-refractivity contribution in [2.24, 2.45) is 0 Å². The van der Waals surface area contributed by atoms with Crippen LogP contribution in [0.3, 0.4) is 0 Å². The fourth-order valence-corrected chi connectivity index (χ4v) is 3.30. The van der Waals surface area contributed by atoms with Crippen LogP contribution >= 0.6 is 0 Å². The summed E-state index contributed by atoms with van der Waals surface area (Å²) in [5.74, 6) is -0.0377. The normalized spacial score (nSPS) is 27.7. The Labute approximate surface area is 125 Å². The van der Waals surface area contributed by atoms with Crippen LogP contribution in [0.4, 0.5) is 0 Å². The predicted octanol–water partition coefficient (Wildman–Crippen LogP) is 3.34. The molecule has 1 aliphatic heterocycles. The summed E-state index contributed by atoms with van der Waals surface area (Å²) in [4.78, 5) is 12.9. The van der Waals surface area contributed by atoms with Gasteiger partial charge in [0, 0.05) is 12.8 Å². The minimum absolute atomic E-state index is 0.0672. The van der Waals surface area contributed by atoms with Crippen molar-refractivity contribution >= 4 is 5.78 Å². The molecular weight excluding hydrogens is 268 g/mol. The zero-order valence-electron chi connectivity index (χ0n) is 12.7. The van der Waals surface area contributed by atoms with Crippen LogP contribution in [0, 0.1) is 0 Å². The lowest BCUT2D eigenvalue weighted by Crippen LogP contribution is -2.42. The predicted molar refractivity (Wildman–Crippen MR) is 78.6 cm³/mol. The molecule has 1 atom stereocenters. The molecule has 1 unspecified atom stereocenters. The van der Waals surface area contributed by atoms with Gasteiger partial charge in [-0.2, -0.15) is 0 Å². The summed E-state index contributed by atoms with van der Waals surface area (Å²) in [6.07, 6.45) is 5.16. The van der Waals surface area contributed by atoms with Gasteiger partial charge in [0.25, 0.3) is 0 Å². The molecule has 1 saturated heterocycles. The minimum atomic E-state index is -0.925. The second kappa shape index (κ2) is 5.43. The van der Waals surface area contributed by atoms with Crippen molar-refractivity contribution in [3.63, 3.8) is 0 Å². The topological polar surface area (TPSA) is 44.8 Å². The molecule has 2 aliphatic rings. The van der Waals surface area contributed by atoms with Crippen molar-refractivity contribution in [1.29, 1.82) is 0 Å². The number of carbonyl (C=O) groups excluding carboxylic acids is 1. The van der Waals surface area contributed by atoms with E-state index in [1.165, 1.54) is 6.42 Å². The number of para-hydroxylation sites is 1. The lowest BCUT2D eigenvalue weighted by Gasteiger charge is -2.33. The highest BCUT2D eigenvalue weighted by Crippen LogP contribution is 2.43. The fourth-order valence-electron chi connectivity index (χ4n) is 3.30. The third kappa shape index (κ3) is 2.58. The van der Waals surface area contributed by atoms with Gasteiger partial charge in [0.15, 0.2) is 11.4 Å². The Morgan fingerprint density at radius 1 is 1.19 bits per heavy atom. The van der Waals surface area contributed by atoms with Crippen molar-refractivity contribution in [3.05, 3.63) is 29.8 Å². The first-order valence-corrected chi connectivity index (χ1v) is 7.61. The van der Waals surface area contributed by atoms with Gasteiger partial charge in [-0.15, -0.1) is 0 Å². The standard InChI is InChI=1S/C17H22O4/c1-16(12-20-17(21-16)10-6-3-7-11-17)15(18)13-8-4-5-9-14(13)19-2/h4-5,8-9H,3,6-7,10-12H2,1-2H3. The summed E-state index contributed by atoms with van der Waals surface area (Å²) < 4.78 is 17.4. The van der Waals surface area contributed by atoms with Crippen LogP contribution in [0.15, 0.2) is 24.3 Å². The largest absolute Gasteiger partial charge is 0.496 e. The SMILES string of the molecule is COc1ccccc1C(=O)C1(C)COC2(CCCCC2)O1. The number of carbonyl (C=O) groups is 1. The number of rotatable bonds is 3. The number of Topliss-reactive ketones (excluding diaryl/α,β-unsaturated/α-hetero) is 1. The number of methoxy groups -OCH3 is 1. The van der Waals surface area contributed by atoms with Crippen LogP contribution in [0.25, 0.3) is 0 Å². The number of ketones is 1. The van der Waals surface area contributed by atoms with E-state index in [-0.39, 0.29) is 5.78 Å². The second-order valence-electron chi connectivity index (χ2n) is 6.12. The smallest absolute Gasteiger partial charge is 0.200 e. The molecule has 0 radical (unpaired) electrons. The molecule has 0 bridgehead atoms. The van der Waals surface area contributed by atoms with Crippen LogP contribution in [0.2, 0.25) is 0 Å². The first-order valence-electron chi connectivity index (χ1n) is 7.61. The molecule has 1 heterocycles. The van der Waals surface area contributed by atoms with Gasteiger partial charge < -0.3 is 14.2 Å². The van der Waals surface area contributed by atoms with Crippen LogP contribution in [0.5, 0.6) is 5.75 Å². The Morgan fingerprint density at radius 2 is 1.90 bits per heavy atom. The number of benzene rings is 1. The Hall–Kier alpha value is -1.39. The molecule has 1 aromatic carbocycles. The van der Waals surface area contributed by atoms with Crippen LogP contribution in [-0.2, 0) is 9.47 Å². The summed E-state index contributed by atoms with van der Waals surface area (Å²) in [5.41, 5.74) is -0.370. The van der Waals surface area contributed by atoms with E-state index in [1.807, 2.05) is 19.1 Å². The summed E-state index contributed by atoms with van der Waals surface area (Å²) in [5, 5.41) is 0. The Morgan fingerprint density at radius 3 is 2.62 bits per heavy atom. The molecule has 1 spiro atoms. The zero-order valence-corrected chi connectivity index (χ0v) is 12.7. The second-order valence-corrected chi connectivity index (χ2v) is 6.12. The van der Waals surface area contributed by atoms with Gasteiger partial charge in [-0.1, -0.05) is 18.6 Å². The zero-order chi connectivity index (χ0) is 14.9. The first kappa shape index (κ1) is 14.5. The Bertz CT molecular complexity index is 533. The number of ether oxygens (including phenoxy) is 3. The Balaban J connectivity index is 1.84. The molecule has 1 saturated carbocycles. The molecular formula is C17H22O4. The maximum atomic E-state index is 12.9. The minimum Gasteiger partial charge on any atom is -0.496 e. The molecule has 0 amide bonds. The third-order valence-corrected chi connectivity index (χ3v) is 4.47. The first-order chi connectivity index (χ1) is 10.1. The Kier molecular flexibility index (Phi) is 3.76. The number of hydrogen-bond acceptors (Lipinski definition) is 4. The van der Waals surface area contributed by atoms with E-state index in [0.717, 1.165) is 25.7 Å². The molecule has 4 heteroatoms. The van der Waals surface area contributed by atoms with E-state index in [9.17, 15) is 4.79 Å². The van der Waals surface area contributed by atoms with Crippen LogP contribution in [-0.4, -0.2) is 30.9 Å². The van der Waals surface area contributed by atoms with Gasteiger partial charge in [-0.25, -0.2) is 0 Å². The average Bonchev–Trinajstić information content (AvgIpc) is 2.85. The summed E-state index contributed by atoms with van der Waals surface area (Å²) in [6, 6.07) is 7.27. The molecule has 21 heavy (non-hydrogen) atoms. The highest BCUT2D eigenvalue weighted by Gasteiger charge is 2.52. The quantitative estimate of drug-likeness (QED) is 0.801. The molecule has 0 aromatic heterocycles. The summed E-state index contributed by atoms with van der Waals surface area (Å²) in [7, 11) is 1.57. The van der Waals surface area contributed by atoms with Gasteiger partial charge in [0.05, 0.1) is 19.3 Å². The van der Waals surface area contributed by atoms with Gasteiger partial charge in [-0.3, -0.25) is 4.79 Å². The molecule has 114 valence electrons. The monoisotopic (exact) mass is 290 g/mol. The van der Waals surface area contributed by atoms with Crippen LogP contribution in [0.1, 0.15) is 49.4 Å². The maximum Gasteiger partial charge on any atom is 0.200 e. The maximum absolute atomic E-state index is 12.9. The van der Waals surface area contributed by atoms with E-state index in [0.29, 0.717) is 17.9 Å². The molecule has 3 rings (SSSR count). The molecule has 0 N–H and O–H groups in total. The van der Waals surface area contributed by atoms with Crippen molar-refractivity contribution in [2.45, 2.75) is 50.4 Å². The van der Waals surface area contributed by atoms with Gasteiger partial charge in [-0.05, 0) is 31.9 Å².